The first-order chi connectivity index (χ1) is 10.6. The fraction of sp³-hybridized carbons (Fsp3) is 0.167. The number of carbonyl (C=O) groups is 1. The van der Waals surface area contributed by atoms with Crippen molar-refractivity contribution < 1.29 is 28.0 Å². The average molecular weight is 330 g/mol. The van der Waals surface area contributed by atoms with Gasteiger partial charge in [-0.2, -0.15) is 18.3 Å². The Kier molecular flexibility index (Phi) is 3.95. The van der Waals surface area contributed by atoms with E-state index in [0.29, 0.717) is 10.7 Å². The molecule has 1 aromatic carbocycles. The van der Waals surface area contributed by atoms with E-state index < -0.39 is 39.8 Å². The van der Waals surface area contributed by atoms with E-state index in [2.05, 4.69) is 10.4 Å². The number of aromatic nitrogens is 2. The van der Waals surface area contributed by atoms with Crippen LogP contribution < -0.4 is 5.32 Å². The van der Waals surface area contributed by atoms with Gasteiger partial charge in [0.15, 0.2) is 5.69 Å². The number of amides is 1. The van der Waals surface area contributed by atoms with E-state index in [9.17, 15) is 33.2 Å². The highest BCUT2D eigenvalue weighted by molar-refractivity contribution is 6.03. The summed E-state index contributed by atoms with van der Waals surface area (Å²) in [5.74, 6) is -1.53. The van der Waals surface area contributed by atoms with Crippen LogP contribution in [0.4, 0.5) is 24.5 Å². The van der Waals surface area contributed by atoms with E-state index >= 15 is 0 Å². The van der Waals surface area contributed by atoms with Gasteiger partial charge in [-0.25, -0.2) is 0 Å². The second-order valence-corrected chi connectivity index (χ2v) is 4.45. The number of nitro benzene ring substituents is 1. The number of non-ortho nitro benzene ring substituents is 1. The first kappa shape index (κ1) is 16.3. The summed E-state index contributed by atoms with van der Waals surface area (Å²) in [5, 5.41) is 25.7. The Labute approximate surface area is 126 Å². The number of alkyl halides is 3. The van der Waals surface area contributed by atoms with Crippen LogP contribution in [0.2, 0.25) is 0 Å². The van der Waals surface area contributed by atoms with Crippen molar-refractivity contribution in [3.63, 3.8) is 0 Å². The Hall–Kier alpha value is -3.11. The molecule has 0 unspecified atom stereocenters. The minimum Gasteiger partial charge on any atom is -0.506 e. The number of nitro groups is 1. The minimum absolute atomic E-state index is 0.316. The number of rotatable bonds is 3. The van der Waals surface area contributed by atoms with Crippen LogP contribution in [0.25, 0.3) is 0 Å². The average Bonchev–Trinajstić information content (AvgIpc) is 2.83. The number of phenolic OH excluding ortho intramolecular Hbond substituents is 1. The van der Waals surface area contributed by atoms with Crippen LogP contribution in [0.15, 0.2) is 24.3 Å². The van der Waals surface area contributed by atoms with Gasteiger partial charge in [0.1, 0.15) is 11.4 Å². The fourth-order valence-electron chi connectivity index (χ4n) is 1.77. The van der Waals surface area contributed by atoms with Crippen molar-refractivity contribution in [2.75, 3.05) is 5.32 Å². The number of benzene rings is 1. The van der Waals surface area contributed by atoms with E-state index in [4.69, 9.17) is 0 Å². The molecule has 1 heterocycles. The highest BCUT2D eigenvalue weighted by Crippen LogP contribution is 2.30. The molecule has 11 heteroatoms. The number of halogens is 3. The summed E-state index contributed by atoms with van der Waals surface area (Å²) in [6.45, 7) is 0. The van der Waals surface area contributed by atoms with Gasteiger partial charge in [-0.1, -0.05) is 0 Å². The summed E-state index contributed by atoms with van der Waals surface area (Å²) >= 11 is 0. The Morgan fingerprint density at radius 2 is 2.04 bits per heavy atom. The topological polar surface area (TPSA) is 110 Å². The summed E-state index contributed by atoms with van der Waals surface area (Å²) in [4.78, 5) is 21.8. The molecule has 0 aliphatic heterocycles. The van der Waals surface area contributed by atoms with Crippen LogP contribution in [0.3, 0.4) is 0 Å². The molecule has 2 N–H and O–H groups in total. The molecule has 0 bridgehead atoms. The smallest absolute Gasteiger partial charge is 0.433 e. The van der Waals surface area contributed by atoms with Crippen LogP contribution in [0.5, 0.6) is 5.75 Å². The highest BCUT2D eigenvalue weighted by atomic mass is 19.4. The van der Waals surface area contributed by atoms with Crippen LogP contribution in [-0.4, -0.2) is 25.7 Å². The lowest BCUT2D eigenvalue weighted by Gasteiger charge is -2.05. The third-order valence-corrected chi connectivity index (χ3v) is 2.84. The zero-order valence-corrected chi connectivity index (χ0v) is 11.5. The molecule has 2 aromatic rings. The molecule has 23 heavy (non-hydrogen) atoms. The van der Waals surface area contributed by atoms with E-state index in [-0.39, 0.29) is 5.69 Å². The van der Waals surface area contributed by atoms with Crippen LogP contribution in [-0.2, 0) is 13.2 Å². The molecule has 0 saturated heterocycles. The van der Waals surface area contributed by atoms with Crippen LogP contribution >= 0.6 is 0 Å². The molecule has 0 atom stereocenters. The maximum atomic E-state index is 12.7. The van der Waals surface area contributed by atoms with E-state index in [1.165, 1.54) is 0 Å². The molecule has 1 amide bonds. The highest BCUT2D eigenvalue weighted by Gasteiger charge is 2.35. The molecule has 0 aliphatic carbocycles. The van der Waals surface area contributed by atoms with Gasteiger partial charge in [0.05, 0.1) is 10.6 Å². The van der Waals surface area contributed by atoms with Crippen molar-refractivity contribution in [1.29, 1.82) is 0 Å². The number of hydrogen-bond donors (Lipinski definition) is 2. The first-order valence-electron chi connectivity index (χ1n) is 5.99. The Morgan fingerprint density at radius 3 is 2.57 bits per heavy atom. The van der Waals surface area contributed by atoms with Crippen LogP contribution in [0.1, 0.15) is 16.2 Å². The largest absolute Gasteiger partial charge is 0.506 e. The second kappa shape index (κ2) is 5.59. The van der Waals surface area contributed by atoms with Gasteiger partial charge in [-0.05, 0) is 6.07 Å². The van der Waals surface area contributed by atoms with Crippen molar-refractivity contribution in [3.8, 4) is 5.75 Å². The lowest BCUT2D eigenvalue weighted by molar-refractivity contribution is -0.384. The number of nitrogens with one attached hydrogen (secondary N) is 1. The number of phenols is 1. The number of aryl methyl sites for hydroxylation is 1. The minimum atomic E-state index is -4.69. The van der Waals surface area contributed by atoms with Crippen molar-refractivity contribution in [3.05, 3.63) is 45.8 Å². The number of anilines is 1. The maximum Gasteiger partial charge on any atom is 0.433 e. The van der Waals surface area contributed by atoms with Crippen LogP contribution in [0, 0.1) is 10.1 Å². The van der Waals surface area contributed by atoms with E-state index in [1.54, 1.807) is 0 Å². The molecule has 2 rings (SSSR count). The summed E-state index contributed by atoms with van der Waals surface area (Å²) in [6.07, 6.45) is -4.69. The third kappa shape index (κ3) is 3.39. The van der Waals surface area contributed by atoms with Crippen molar-refractivity contribution in [2.24, 2.45) is 7.05 Å². The van der Waals surface area contributed by atoms with Crippen molar-refractivity contribution >= 4 is 17.3 Å². The van der Waals surface area contributed by atoms with Gasteiger partial charge in [0.25, 0.3) is 11.6 Å². The number of hydrogen-bond acceptors (Lipinski definition) is 5. The Morgan fingerprint density at radius 1 is 1.39 bits per heavy atom. The van der Waals surface area contributed by atoms with E-state index in [0.717, 1.165) is 25.2 Å². The predicted molar refractivity (Wildman–Crippen MR) is 70.9 cm³/mol. The molecule has 122 valence electrons. The number of aromatic hydroxyl groups is 1. The zero-order valence-electron chi connectivity index (χ0n) is 11.5. The predicted octanol–water partition coefficient (Wildman–Crippen LogP) is 2.31. The van der Waals surface area contributed by atoms with Crippen molar-refractivity contribution in [2.45, 2.75) is 6.18 Å². The maximum absolute atomic E-state index is 12.7. The van der Waals surface area contributed by atoms with Gasteiger partial charge in [0, 0.05) is 25.2 Å². The first-order valence-corrected chi connectivity index (χ1v) is 5.99. The van der Waals surface area contributed by atoms with Gasteiger partial charge < -0.3 is 10.4 Å². The summed E-state index contributed by atoms with van der Waals surface area (Å²) in [7, 11) is 1.02. The molecule has 0 radical (unpaired) electrons. The van der Waals surface area contributed by atoms with Gasteiger partial charge in [0.2, 0.25) is 0 Å². The monoisotopic (exact) mass is 330 g/mol. The summed E-state index contributed by atoms with van der Waals surface area (Å²) in [5.41, 5.74) is -2.41. The zero-order chi connectivity index (χ0) is 17.4. The second-order valence-electron chi connectivity index (χ2n) is 4.45. The molecule has 0 spiro atoms. The third-order valence-electron chi connectivity index (χ3n) is 2.84. The molecular weight excluding hydrogens is 321 g/mol. The van der Waals surface area contributed by atoms with Gasteiger partial charge >= 0.3 is 6.18 Å². The normalized spacial score (nSPS) is 11.3. The lowest BCUT2D eigenvalue weighted by atomic mass is 10.2. The van der Waals surface area contributed by atoms with Crippen molar-refractivity contribution in [1.82, 2.24) is 9.78 Å². The molecule has 1 aromatic heterocycles. The SMILES string of the molecule is Cn1nc(C(=O)Nc2cc([N+](=O)[O-])ccc2O)cc1C(F)(F)F. The van der Waals surface area contributed by atoms with Gasteiger partial charge in [-0.15, -0.1) is 0 Å². The summed E-state index contributed by atoms with van der Waals surface area (Å²) in [6, 6.07) is 3.39. The molecular formula is C12H9F3N4O4. The molecule has 8 nitrogen and oxygen atoms in total. The van der Waals surface area contributed by atoms with E-state index in [1.807, 2.05) is 0 Å². The number of nitrogens with zero attached hydrogens (tertiary/aromatic N) is 3. The quantitative estimate of drug-likeness (QED) is 0.510. The molecule has 0 fully saturated rings. The number of carbonyl (C=O) groups excluding carboxylic acids is 1. The summed E-state index contributed by atoms with van der Waals surface area (Å²) < 4.78 is 38.4. The molecule has 0 aliphatic rings. The molecule has 0 saturated carbocycles. The Balaban J connectivity index is 2.30. The fourth-order valence-corrected chi connectivity index (χ4v) is 1.77. The van der Waals surface area contributed by atoms with Gasteiger partial charge in [-0.3, -0.25) is 19.6 Å². The standard InChI is InChI=1S/C12H9F3N4O4/c1-18-10(12(13,14)15)5-8(17-18)11(21)16-7-4-6(19(22)23)2-3-9(7)20/h2-5,20H,1H3,(H,16,21). The Bertz CT molecular complexity index is 785. The lowest BCUT2D eigenvalue weighted by Crippen LogP contribution is -2.13.